The van der Waals surface area contributed by atoms with Crippen LogP contribution in [0.1, 0.15) is 5.69 Å². The number of nitrogens with one attached hydrogen (secondary N) is 3. The van der Waals surface area contributed by atoms with Crippen LogP contribution in [0.15, 0.2) is 46.1 Å². The summed E-state index contributed by atoms with van der Waals surface area (Å²) in [7, 11) is 0. The molecule has 5 nitrogen and oxygen atoms in total. The van der Waals surface area contributed by atoms with E-state index in [0.717, 1.165) is 15.9 Å². The van der Waals surface area contributed by atoms with Gasteiger partial charge >= 0.3 is 0 Å². The summed E-state index contributed by atoms with van der Waals surface area (Å²) in [5.41, 5.74) is 4.40. The maximum Gasteiger partial charge on any atom is 0.191 e. The number of hydrazone groups is 1. The normalized spacial score (nSPS) is 10.5. The molecule has 0 bridgehead atoms. The number of benzene rings is 1. The highest BCUT2D eigenvalue weighted by atomic mass is 79.9. The number of aromatic nitrogens is 2. The summed E-state index contributed by atoms with van der Waals surface area (Å²) in [5.74, 6) is 0. The van der Waals surface area contributed by atoms with Crippen molar-refractivity contribution in [3.8, 4) is 0 Å². The Bertz CT molecular complexity index is 552. The molecule has 7 heteroatoms. The SMILES string of the molecule is S=C(N/N=C\c1[nH]ncc1Br)Nc1ccccc1. The highest BCUT2D eigenvalue weighted by Crippen LogP contribution is 2.09. The molecule has 92 valence electrons. The average molecular weight is 324 g/mol. The van der Waals surface area contributed by atoms with Crippen molar-refractivity contribution >= 4 is 45.2 Å². The van der Waals surface area contributed by atoms with Gasteiger partial charge in [-0.25, -0.2) is 0 Å². The Labute approximate surface area is 118 Å². The summed E-state index contributed by atoms with van der Waals surface area (Å²) in [6.45, 7) is 0. The molecule has 0 atom stereocenters. The lowest BCUT2D eigenvalue weighted by molar-refractivity contribution is 1.04. The number of para-hydroxylation sites is 1. The van der Waals surface area contributed by atoms with E-state index in [0.29, 0.717) is 5.11 Å². The Kier molecular flexibility index (Phi) is 4.43. The number of H-pyrrole nitrogens is 1. The van der Waals surface area contributed by atoms with Crippen LogP contribution in [0.5, 0.6) is 0 Å². The van der Waals surface area contributed by atoms with Crippen LogP contribution in [0.3, 0.4) is 0 Å². The van der Waals surface area contributed by atoms with E-state index in [2.05, 4.69) is 42.0 Å². The van der Waals surface area contributed by atoms with Gasteiger partial charge in [-0.1, -0.05) is 18.2 Å². The minimum absolute atomic E-state index is 0.424. The summed E-state index contributed by atoms with van der Waals surface area (Å²) in [4.78, 5) is 0. The van der Waals surface area contributed by atoms with Crippen molar-refractivity contribution in [3.05, 3.63) is 46.7 Å². The number of thiocarbonyl (C=S) groups is 1. The second-order valence-electron chi connectivity index (χ2n) is 3.32. The van der Waals surface area contributed by atoms with E-state index in [1.807, 2.05) is 30.3 Å². The number of rotatable bonds is 3. The van der Waals surface area contributed by atoms with Crippen LogP contribution < -0.4 is 10.7 Å². The van der Waals surface area contributed by atoms with Crippen LogP contribution in [0.25, 0.3) is 0 Å². The molecule has 0 aliphatic rings. The predicted octanol–water partition coefficient (Wildman–Crippen LogP) is 2.49. The molecule has 0 saturated heterocycles. The first kappa shape index (κ1) is 12.7. The largest absolute Gasteiger partial charge is 0.331 e. The molecule has 0 aliphatic heterocycles. The van der Waals surface area contributed by atoms with E-state index in [9.17, 15) is 0 Å². The van der Waals surface area contributed by atoms with Crippen molar-refractivity contribution in [2.75, 3.05) is 5.32 Å². The van der Waals surface area contributed by atoms with Crippen molar-refractivity contribution in [2.24, 2.45) is 5.10 Å². The molecule has 3 N–H and O–H groups in total. The monoisotopic (exact) mass is 323 g/mol. The van der Waals surface area contributed by atoms with Crippen molar-refractivity contribution in [1.82, 2.24) is 15.6 Å². The fraction of sp³-hybridized carbons (Fsp3) is 0. The minimum atomic E-state index is 0.424. The van der Waals surface area contributed by atoms with Crippen LogP contribution >= 0.6 is 28.1 Å². The third-order valence-electron chi connectivity index (χ3n) is 2.01. The van der Waals surface area contributed by atoms with Gasteiger partial charge in [0.25, 0.3) is 0 Å². The van der Waals surface area contributed by atoms with E-state index in [4.69, 9.17) is 12.2 Å². The maximum absolute atomic E-state index is 5.09. The first-order valence-electron chi connectivity index (χ1n) is 5.09. The molecule has 0 radical (unpaired) electrons. The van der Waals surface area contributed by atoms with E-state index in [1.165, 1.54) is 0 Å². The average Bonchev–Trinajstić information content (AvgIpc) is 2.76. The smallest absolute Gasteiger partial charge is 0.191 e. The molecule has 0 amide bonds. The van der Waals surface area contributed by atoms with E-state index >= 15 is 0 Å². The predicted molar refractivity (Wildman–Crippen MR) is 79.7 cm³/mol. The summed E-state index contributed by atoms with van der Waals surface area (Å²) < 4.78 is 0.843. The van der Waals surface area contributed by atoms with Crippen LogP contribution in [0, 0.1) is 0 Å². The third-order valence-corrected chi connectivity index (χ3v) is 2.84. The van der Waals surface area contributed by atoms with Gasteiger partial charge in [0.2, 0.25) is 0 Å². The Morgan fingerprint density at radius 1 is 1.39 bits per heavy atom. The van der Waals surface area contributed by atoms with E-state index in [-0.39, 0.29) is 0 Å². The molecule has 1 aromatic heterocycles. The standard InChI is InChI=1S/C11H10BrN5S/c12-9-6-13-16-10(9)7-14-17-11(18)15-8-4-2-1-3-5-8/h1-7H,(H,13,16)(H2,15,17,18)/b14-7-. The second-order valence-corrected chi connectivity index (χ2v) is 4.58. The molecule has 18 heavy (non-hydrogen) atoms. The maximum atomic E-state index is 5.09. The van der Waals surface area contributed by atoms with Gasteiger partial charge in [-0.15, -0.1) is 0 Å². The van der Waals surface area contributed by atoms with E-state index in [1.54, 1.807) is 12.4 Å². The fourth-order valence-electron chi connectivity index (χ4n) is 1.21. The van der Waals surface area contributed by atoms with Gasteiger partial charge < -0.3 is 5.32 Å². The molecule has 0 spiro atoms. The first-order chi connectivity index (χ1) is 8.75. The van der Waals surface area contributed by atoms with Crippen LogP contribution in [-0.4, -0.2) is 21.5 Å². The Morgan fingerprint density at radius 2 is 2.17 bits per heavy atom. The second kappa shape index (κ2) is 6.27. The fourth-order valence-corrected chi connectivity index (χ4v) is 1.67. The summed E-state index contributed by atoms with van der Waals surface area (Å²) >= 11 is 8.42. The Hall–Kier alpha value is -1.73. The highest BCUT2D eigenvalue weighted by molar-refractivity contribution is 9.10. The van der Waals surface area contributed by atoms with Crippen molar-refractivity contribution in [1.29, 1.82) is 0 Å². The van der Waals surface area contributed by atoms with Crippen LogP contribution in [-0.2, 0) is 0 Å². The molecule has 1 heterocycles. The summed E-state index contributed by atoms with van der Waals surface area (Å²) in [6, 6.07) is 9.63. The summed E-state index contributed by atoms with van der Waals surface area (Å²) in [5, 5.41) is 14.0. The molecule has 0 unspecified atom stereocenters. The van der Waals surface area contributed by atoms with E-state index < -0.39 is 0 Å². The zero-order chi connectivity index (χ0) is 12.8. The Balaban J connectivity index is 1.86. The van der Waals surface area contributed by atoms with Gasteiger partial charge in [0.15, 0.2) is 5.11 Å². The zero-order valence-electron chi connectivity index (χ0n) is 9.22. The molecular formula is C11H10BrN5S. The molecule has 1 aromatic carbocycles. The van der Waals surface area contributed by atoms with Gasteiger partial charge in [-0.2, -0.15) is 10.2 Å². The minimum Gasteiger partial charge on any atom is -0.331 e. The lowest BCUT2D eigenvalue weighted by atomic mass is 10.3. The first-order valence-corrected chi connectivity index (χ1v) is 6.30. The molecule has 0 fully saturated rings. The van der Waals surface area contributed by atoms with Crippen molar-refractivity contribution in [2.45, 2.75) is 0 Å². The number of halogens is 1. The molecule has 0 aliphatic carbocycles. The molecule has 2 rings (SSSR count). The number of aromatic amines is 1. The van der Waals surface area contributed by atoms with Gasteiger partial charge in [0.1, 0.15) is 0 Å². The number of hydrogen-bond donors (Lipinski definition) is 3. The molecule has 0 saturated carbocycles. The topological polar surface area (TPSA) is 65.1 Å². The lowest BCUT2D eigenvalue weighted by Gasteiger charge is -2.05. The van der Waals surface area contributed by atoms with Gasteiger partial charge in [-0.05, 0) is 40.3 Å². The molecular weight excluding hydrogens is 314 g/mol. The third kappa shape index (κ3) is 3.64. The Morgan fingerprint density at radius 3 is 2.83 bits per heavy atom. The van der Waals surface area contributed by atoms with Gasteiger partial charge in [0, 0.05) is 5.69 Å². The molecule has 2 aromatic rings. The zero-order valence-corrected chi connectivity index (χ0v) is 11.6. The van der Waals surface area contributed by atoms with Gasteiger partial charge in [-0.3, -0.25) is 10.5 Å². The lowest BCUT2D eigenvalue weighted by Crippen LogP contribution is -2.23. The number of nitrogens with zero attached hydrogens (tertiary/aromatic N) is 2. The van der Waals surface area contributed by atoms with Crippen molar-refractivity contribution < 1.29 is 0 Å². The highest BCUT2D eigenvalue weighted by Gasteiger charge is 1.97. The van der Waals surface area contributed by atoms with Crippen LogP contribution in [0.4, 0.5) is 5.69 Å². The number of anilines is 1. The van der Waals surface area contributed by atoms with Crippen LogP contribution in [0.2, 0.25) is 0 Å². The van der Waals surface area contributed by atoms with Crippen molar-refractivity contribution in [3.63, 3.8) is 0 Å². The van der Waals surface area contributed by atoms with Gasteiger partial charge in [0.05, 0.1) is 22.6 Å². The number of hydrogen-bond acceptors (Lipinski definition) is 3. The quantitative estimate of drug-likeness (QED) is 0.461. The summed E-state index contributed by atoms with van der Waals surface area (Å²) in [6.07, 6.45) is 3.25.